The van der Waals surface area contributed by atoms with Gasteiger partial charge in [0.25, 0.3) is 0 Å². The molecule has 1 fully saturated rings. The first kappa shape index (κ1) is 13.6. The van der Waals surface area contributed by atoms with Crippen LogP contribution in [0.4, 0.5) is 0 Å². The smallest absolute Gasteiger partial charge is 1.00 e. The number of rotatable bonds is 1. The zero-order valence-corrected chi connectivity index (χ0v) is 10.9. The molecule has 0 bridgehead atoms. The SMILES string of the molecule is [Br-].[CH2-]CC1CCOCC1.[Zn+2]. The Labute approximate surface area is 86.4 Å². The Bertz CT molecular complexity index is 64.6. The summed E-state index contributed by atoms with van der Waals surface area (Å²) in [4.78, 5) is 0. The van der Waals surface area contributed by atoms with Gasteiger partial charge in [0.05, 0.1) is 0 Å². The fourth-order valence-corrected chi connectivity index (χ4v) is 1.04. The summed E-state index contributed by atoms with van der Waals surface area (Å²) in [5.41, 5.74) is 0. The monoisotopic (exact) mass is 256 g/mol. The molecule has 3 heteroatoms. The van der Waals surface area contributed by atoms with Crippen molar-refractivity contribution in [2.45, 2.75) is 19.3 Å². The molecule has 1 heterocycles. The van der Waals surface area contributed by atoms with Gasteiger partial charge >= 0.3 is 19.5 Å². The van der Waals surface area contributed by atoms with Gasteiger partial charge < -0.3 is 28.6 Å². The second-order valence-corrected chi connectivity index (χ2v) is 2.34. The van der Waals surface area contributed by atoms with E-state index in [0.29, 0.717) is 0 Å². The van der Waals surface area contributed by atoms with Gasteiger partial charge in [-0.2, -0.15) is 6.42 Å². The van der Waals surface area contributed by atoms with Gasteiger partial charge in [-0.25, -0.2) is 0 Å². The summed E-state index contributed by atoms with van der Waals surface area (Å²) in [7, 11) is 0. The molecule has 0 N–H and O–H groups in total. The van der Waals surface area contributed by atoms with Crippen LogP contribution in [0, 0.1) is 12.8 Å². The molecule has 0 atom stereocenters. The van der Waals surface area contributed by atoms with Crippen molar-refractivity contribution in [2.24, 2.45) is 5.92 Å². The van der Waals surface area contributed by atoms with Gasteiger partial charge in [-0.05, 0) is 12.8 Å². The predicted octanol–water partition coefficient (Wildman–Crippen LogP) is -1.36. The Morgan fingerprint density at radius 1 is 1.30 bits per heavy atom. The molecule has 0 spiro atoms. The first-order chi connectivity index (χ1) is 3.93. The van der Waals surface area contributed by atoms with Crippen molar-refractivity contribution in [1.29, 1.82) is 0 Å². The van der Waals surface area contributed by atoms with E-state index < -0.39 is 0 Å². The van der Waals surface area contributed by atoms with Gasteiger partial charge in [-0.3, -0.25) is 0 Å². The van der Waals surface area contributed by atoms with Crippen LogP contribution in [0.2, 0.25) is 0 Å². The third kappa shape index (κ3) is 4.81. The molecular weight excluding hydrogens is 245 g/mol. The average Bonchev–Trinajstić information content (AvgIpc) is 1.90. The normalized spacial score (nSPS) is 18.9. The Morgan fingerprint density at radius 3 is 2.10 bits per heavy atom. The second kappa shape index (κ2) is 8.16. The van der Waals surface area contributed by atoms with E-state index in [1.54, 1.807) is 0 Å². The third-order valence-electron chi connectivity index (χ3n) is 1.75. The summed E-state index contributed by atoms with van der Waals surface area (Å²) < 4.78 is 5.17. The van der Waals surface area contributed by atoms with Gasteiger partial charge in [-0.1, -0.05) is 5.92 Å². The first-order valence-electron chi connectivity index (χ1n) is 3.30. The van der Waals surface area contributed by atoms with Crippen molar-refractivity contribution in [2.75, 3.05) is 13.2 Å². The summed E-state index contributed by atoms with van der Waals surface area (Å²) in [6, 6.07) is 0. The third-order valence-corrected chi connectivity index (χ3v) is 1.75. The van der Waals surface area contributed by atoms with E-state index in [2.05, 4.69) is 6.92 Å². The fraction of sp³-hybridized carbons (Fsp3) is 0.857. The van der Waals surface area contributed by atoms with Crippen molar-refractivity contribution in [3.05, 3.63) is 6.92 Å². The molecule has 56 valence electrons. The molecule has 0 aromatic rings. The van der Waals surface area contributed by atoms with Gasteiger partial charge in [0.2, 0.25) is 0 Å². The summed E-state index contributed by atoms with van der Waals surface area (Å²) >= 11 is 0. The molecule has 1 nitrogen and oxygen atoms in total. The van der Waals surface area contributed by atoms with E-state index in [1.165, 1.54) is 12.8 Å². The molecule has 0 radical (unpaired) electrons. The Kier molecular flexibility index (Phi) is 11.1. The maximum atomic E-state index is 5.17. The van der Waals surface area contributed by atoms with E-state index in [-0.39, 0.29) is 36.5 Å². The van der Waals surface area contributed by atoms with Crippen molar-refractivity contribution in [1.82, 2.24) is 0 Å². The molecule has 0 saturated carbocycles. The van der Waals surface area contributed by atoms with Crippen LogP contribution in [-0.4, -0.2) is 13.2 Å². The van der Waals surface area contributed by atoms with Crippen LogP contribution >= 0.6 is 0 Å². The first-order valence-corrected chi connectivity index (χ1v) is 3.30. The van der Waals surface area contributed by atoms with Crippen LogP contribution < -0.4 is 17.0 Å². The van der Waals surface area contributed by atoms with E-state index in [1.807, 2.05) is 0 Å². The van der Waals surface area contributed by atoms with Crippen LogP contribution in [0.3, 0.4) is 0 Å². The summed E-state index contributed by atoms with van der Waals surface area (Å²) in [6.45, 7) is 5.77. The van der Waals surface area contributed by atoms with Crippen molar-refractivity contribution < 1.29 is 41.2 Å². The van der Waals surface area contributed by atoms with Crippen molar-refractivity contribution in [3.8, 4) is 0 Å². The van der Waals surface area contributed by atoms with E-state index in [9.17, 15) is 0 Å². The number of ether oxygens (including phenoxy) is 1. The van der Waals surface area contributed by atoms with Crippen LogP contribution in [0.5, 0.6) is 0 Å². The van der Waals surface area contributed by atoms with Crippen molar-refractivity contribution in [3.63, 3.8) is 0 Å². The molecule has 0 aromatic heterocycles. The van der Waals surface area contributed by atoms with E-state index in [4.69, 9.17) is 4.74 Å². The second-order valence-electron chi connectivity index (χ2n) is 2.34. The molecular formula is C7H13BrOZn. The maximum Gasteiger partial charge on any atom is 2.00 e. The minimum absolute atomic E-state index is 0. The zero-order valence-electron chi connectivity index (χ0n) is 6.31. The number of hydrogen-bond acceptors (Lipinski definition) is 1. The molecule has 10 heavy (non-hydrogen) atoms. The van der Waals surface area contributed by atoms with Crippen LogP contribution in [-0.2, 0) is 24.2 Å². The Hall–Kier alpha value is 1.06. The number of hydrogen-bond donors (Lipinski definition) is 0. The van der Waals surface area contributed by atoms with Gasteiger partial charge in [-0.15, -0.1) is 0 Å². The van der Waals surface area contributed by atoms with Crippen LogP contribution in [0.25, 0.3) is 0 Å². The quantitative estimate of drug-likeness (QED) is 0.417. The Balaban J connectivity index is 0. The number of halogens is 1. The molecule has 1 saturated heterocycles. The maximum absolute atomic E-state index is 5.17. The fourth-order valence-electron chi connectivity index (χ4n) is 1.04. The average molecular weight is 258 g/mol. The van der Waals surface area contributed by atoms with Crippen molar-refractivity contribution >= 4 is 0 Å². The minimum Gasteiger partial charge on any atom is -1.00 e. The molecule has 0 aliphatic carbocycles. The molecule has 0 amide bonds. The van der Waals surface area contributed by atoms with Gasteiger partial charge in [0, 0.05) is 13.2 Å². The van der Waals surface area contributed by atoms with Gasteiger partial charge in [0.15, 0.2) is 0 Å². The zero-order chi connectivity index (χ0) is 5.82. The molecule has 1 rings (SSSR count). The van der Waals surface area contributed by atoms with Crippen LogP contribution in [0.15, 0.2) is 0 Å². The van der Waals surface area contributed by atoms with E-state index >= 15 is 0 Å². The topological polar surface area (TPSA) is 9.23 Å². The molecule has 0 aromatic carbocycles. The standard InChI is InChI=1S/C7H13O.BrH.Zn/c1-2-7-3-5-8-6-4-7;;/h7H,1-6H2;1H;/q-1;;+2/p-1. The summed E-state index contributed by atoms with van der Waals surface area (Å²) in [5.74, 6) is 0.851. The molecule has 0 unspecified atom stereocenters. The molecule has 1 aliphatic heterocycles. The minimum atomic E-state index is 0. The Morgan fingerprint density at radius 2 is 1.80 bits per heavy atom. The summed E-state index contributed by atoms with van der Waals surface area (Å²) in [6.07, 6.45) is 3.54. The summed E-state index contributed by atoms with van der Waals surface area (Å²) in [5, 5.41) is 0. The van der Waals surface area contributed by atoms with E-state index in [0.717, 1.165) is 25.6 Å². The molecule has 1 aliphatic rings. The van der Waals surface area contributed by atoms with Crippen LogP contribution in [0.1, 0.15) is 19.3 Å². The van der Waals surface area contributed by atoms with Gasteiger partial charge in [0.1, 0.15) is 0 Å². The predicted molar refractivity (Wildman–Crippen MR) is 33.5 cm³/mol. The largest absolute Gasteiger partial charge is 2.00 e.